The summed E-state index contributed by atoms with van der Waals surface area (Å²) in [5, 5.41) is 5.26. The minimum atomic E-state index is -4.93. The predicted molar refractivity (Wildman–Crippen MR) is 111 cm³/mol. The molecule has 1 atom stereocenters. The maximum Gasteiger partial charge on any atom is 0.427 e. The zero-order chi connectivity index (χ0) is 25.8. The molecule has 1 amide bonds. The number of carbonyl (C=O) groups excluding carboxylic acids is 1. The Balaban J connectivity index is 1.40. The Morgan fingerprint density at radius 2 is 1.83 bits per heavy atom. The number of aromatic amines is 1. The van der Waals surface area contributed by atoms with Gasteiger partial charge in [0.2, 0.25) is 5.91 Å². The zero-order valence-corrected chi connectivity index (χ0v) is 19.1. The number of halogens is 6. The molecule has 2 aromatic heterocycles. The number of ether oxygens (including phenoxy) is 2. The van der Waals surface area contributed by atoms with Crippen LogP contribution in [0.2, 0.25) is 0 Å². The molecule has 0 bridgehead atoms. The third-order valence-electron chi connectivity index (χ3n) is 4.92. The number of rotatable bonds is 8. The summed E-state index contributed by atoms with van der Waals surface area (Å²) in [5.74, 6) is -0.958. The second kappa shape index (κ2) is 10.8. The zero-order valence-electron chi connectivity index (χ0n) is 18.3. The number of hydrogen-bond acceptors (Lipinski definition) is 8. The summed E-state index contributed by atoms with van der Waals surface area (Å²) in [7, 11) is 0. The number of nitrogens with zero attached hydrogens (tertiary/aromatic N) is 4. The molecule has 194 valence electrons. The first-order valence-corrected chi connectivity index (χ1v) is 11.1. The van der Waals surface area contributed by atoms with Crippen molar-refractivity contribution < 1.29 is 40.6 Å². The lowest BCUT2D eigenvalue weighted by Gasteiger charge is -2.34. The lowest BCUT2D eigenvalue weighted by molar-refractivity contribution is -0.141. The Kier molecular flexibility index (Phi) is 8.25. The highest BCUT2D eigenvalue weighted by Gasteiger charge is 2.38. The molecule has 3 heterocycles. The Morgan fingerprint density at radius 3 is 2.43 bits per heavy atom. The van der Waals surface area contributed by atoms with E-state index in [0.717, 1.165) is 12.4 Å². The topological polar surface area (TPSA) is 101 Å². The Hall–Kier alpha value is -2.88. The maximum atomic E-state index is 13.0. The van der Waals surface area contributed by atoms with E-state index in [-0.39, 0.29) is 30.7 Å². The first-order chi connectivity index (χ1) is 16.4. The fraction of sp³-hybridized carbons (Fsp3) is 0.579. The van der Waals surface area contributed by atoms with E-state index in [1.807, 2.05) is 0 Å². The Bertz CT molecular complexity index is 1060. The number of nitrogens with one attached hydrogen (secondary N) is 1. The van der Waals surface area contributed by atoms with Crippen LogP contribution in [0.5, 0.6) is 5.75 Å². The second-order valence-corrected chi connectivity index (χ2v) is 8.57. The third-order valence-corrected chi connectivity index (χ3v) is 6.02. The first-order valence-electron chi connectivity index (χ1n) is 10.3. The molecular weight excluding hydrogens is 508 g/mol. The van der Waals surface area contributed by atoms with Crippen LogP contribution in [0.15, 0.2) is 17.2 Å². The van der Waals surface area contributed by atoms with Crippen molar-refractivity contribution in [3.63, 3.8) is 0 Å². The summed E-state index contributed by atoms with van der Waals surface area (Å²) in [6.45, 7) is 2.53. The van der Waals surface area contributed by atoms with Gasteiger partial charge in [0.05, 0.1) is 32.0 Å². The summed E-state index contributed by atoms with van der Waals surface area (Å²) >= 11 is 0.548. The van der Waals surface area contributed by atoms with Crippen LogP contribution in [0.25, 0.3) is 0 Å². The maximum absolute atomic E-state index is 13.0. The SMILES string of the molecule is CC(COCCC(=O)N1CCN(c2ncc(C(F)(F)F)s2)CC1)Oc1cn[nH]c(=O)c1C(F)(F)F. The highest BCUT2D eigenvalue weighted by atomic mass is 32.1. The number of H-pyrrole nitrogens is 1. The fourth-order valence-corrected chi connectivity index (χ4v) is 4.08. The quantitative estimate of drug-likeness (QED) is 0.415. The average Bonchev–Trinajstić information content (AvgIpc) is 3.27. The van der Waals surface area contributed by atoms with E-state index >= 15 is 0 Å². The van der Waals surface area contributed by atoms with Crippen molar-refractivity contribution in [2.75, 3.05) is 44.3 Å². The van der Waals surface area contributed by atoms with Crippen LogP contribution in [0.1, 0.15) is 23.8 Å². The van der Waals surface area contributed by atoms with E-state index in [1.54, 1.807) is 14.9 Å². The van der Waals surface area contributed by atoms with Gasteiger partial charge in [0, 0.05) is 26.2 Å². The molecule has 0 saturated carbocycles. The lowest BCUT2D eigenvalue weighted by atomic mass is 10.2. The third kappa shape index (κ3) is 7.06. The summed E-state index contributed by atoms with van der Waals surface area (Å²) in [5.41, 5.74) is -2.93. The monoisotopic (exact) mass is 529 g/mol. The van der Waals surface area contributed by atoms with Gasteiger partial charge in [-0.25, -0.2) is 10.1 Å². The van der Waals surface area contributed by atoms with Gasteiger partial charge < -0.3 is 19.3 Å². The van der Waals surface area contributed by atoms with Crippen molar-refractivity contribution in [2.45, 2.75) is 31.8 Å². The van der Waals surface area contributed by atoms with Crippen LogP contribution in [-0.2, 0) is 21.9 Å². The van der Waals surface area contributed by atoms with Gasteiger partial charge in [-0.15, -0.1) is 0 Å². The lowest BCUT2D eigenvalue weighted by Crippen LogP contribution is -2.49. The second-order valence-electron chi connectivity index (χ2n) is 7.56. The van der Waals surface area contributed by atoms with Crippen LogP contribution in [0.3, 0.4) is 0 Å². The fourth-order valence-electron chi connectivity index (χ4n) is 3.25. The minimum Gasteiger partial charge on any atom is -0.486 e. The molecule has 3 rings (SSSR count). The number of hydrogen-bond donors (Lipinski definition) is 1. The summed E-state index contributed by atoms with van der Waals surface area (Å²) in [4.78, 5) is 30.1. The van der Waals surface area contributed by atoms with E-state index in [0.29, 0.717) is 37.5 Å². The molecule has 1 saturated heterocycles. The smallest absolute Gasteiger partial charge is 0.427 e. The van der Waals surface area contributed by atoms with Gasteiger partial charge in [-0.3, -0.25) is 9.59 Å². The molecule has 0 spiro atoms. The molecule has 1 fully saturated rings. The molecule has 1 N–H and O–H groups in total. The highest BCUT2D eigenvalue weighted by Crippen LogP contribution is 2.36. The predicted octanol–water partition coefficient (Wildman–Crippen LogP) is 2.79. The normalized spacial score (nSPS) is 15.9. The van der Waals surface area contributed by atoms with Gasteiger partial charge in [-0.1, -0.05) is 11.3 Å². The molecule has 0 radical (unpaired) electrons. The molecule has 1 aliphatic heterocycles. The Labute approximate surface area is 198 Å². The van der Waals surface area contributed by atoms with Crippen molar-refractivity contribution in [1.29, 1.82) is 0 Å². The van der Waals surface area contributed by atoms with E-state index in [4.69, 9.17) is 9.47 Å². The molecule has 2 aromatic rings. The highest BCUT2D eigenvalue weighted by molar-refractivity contribution is 7.15. The van der Waals surface area contributed by atoms with Crippen LogP contribution in [-0.4, -0.2) is 71.5 Å². The van der Waals surface area contributed by atoms with E-state index in [1.165, 1.54) is 6.92 Å². The van der Waals surface area contributed by atoms with E-state index in [9.17, 15) is 35.9 Å². The number of amides is 1. The van der Waals surface area contributed by atoms with Gasteiger partial charge in [0.15, 0.2) is 16.4 Å². The average molecular weight is 529 g/mol. The number of alkyl halides is 6. The number of anilines is 1. The number of carbonyl (C=O) groups is 1. The van der Waals surface area contributed by atoms with Crippen molar-refractivity contribution >= 4 is 22.4 Å². The largest absolute Gasteiger partial charge is 0.486 e. The summed E-state index contributed by atoms with van der Waals surface area (Å²) < 4.78 is 87.8. The number of thiazole rings is 1. The molecule has 1 aliphatic rings. The van der Waals surface area contributed by atoms with Crippen LogP contribution >= 0.6 is 11.3 Å². The van der Waals surface area contributed by atoms with Crippen LogP contribution in [0, 0.1) is 0 Å². The minimum absolute atomic E-state index is 0.00254. The molecule has 35 heavy (non-hydrogen) atoms. The van der Waals surface area contributed by atoms with Gasteiger partial charge >= 0.3 is 12.4 Å². The molecular formula is C19H21F6N5O4S. The van der Waals surface area contributed by atoms with Gasteiger partial charge in [-0.2, -0.15) is 31.4 Å². The van der Waals surface area contributed by atoms with Gasteiger partial charge in [-0.05, 0) is 6.92 Å². The van der Waals surface area contributed by atoms with E-state index < -0.39 is 40.2 Å². The van der Waals surface area contributed by atoms with Gasteiger partial charge in [0.1, 0.15) is 11.0 Å². The Morgan fingerprint density at radius 1 is 1.14 bits per heavy atom. The molecule has 16 heteroatoms. The first kappa shape index (κ1) is 26.7. The van der Waals surface area contributed by atoms with Crippen LogP contribution < -0.4 is 15.2 Å². The van der Waals surface area contributed by atoms with Crippen molar-refractivity contribution in [3.8, 4) is 5.75 Å². The summed E-state index contributed by atoms with van der Waals surface area (Å²) in [6, 6.07) is 0. The molecule has 0 aliphatic carbocycles. The van der Waals surface area contributed by atoms with Crippen LogP contribution in [0.4, 0.5) is 31.5 Å². The van der Waals surface area contributed by atoms with Gasteiger partial charge in [0.25, 0.3) is 5.56 Å². The van der Waals surface area contributed by atoms with Crippen molar-refractivity contribution in [3.05, 3.63) is 33.2 Å². The standard InChI is InChI=1S/C19H21F6N5O4S/c1-11(34-12-8-27-28-16(32)15(12)19(23,24)25)10-33-7-2-14(31)29-3-5-30(6-4-29)17-26-9-13(35-17)18(20,21)22/h8-9,11H,2-7,10H2,1H3,(H,28,32). The molecule has 1 unspecified atom stereocenters. The van der Waals surface area contributed by atoms with Crippen molar-refractivity contribution in [2.24, 2.45) is 0 Å². The number of aromatic nitrogens is 3. The van der Waals surface area contributed by atoms with E-state index in [2.05, 4.69) is 10.1 Å². The number of piperazine rings is 1. The summed E-state index contributed by atoms with van der Waals surface area (Å²) in [6.07, 6.45) is -8.70. The molecule has 9 nitrogen and oxygen atoms in total. The van der Waals surface area contributed by atoms with Crippen molar-refractivity contribution in [1.82, 2.24) is 20.1 Å². The molecule has 0 aromatic carbocycles.